The van der Waals surface area contributed by atoms with E-state index in [1.54, 1.807) is 0 Å². The van der Waals surface area contributed by atoms with Gasteiger partial charge in [-0.05, 0) is 57.8 Å². The molecule has 0 fully saturated rings. The maximum absolute atomic E-state index is 12.8. The van der Waals surface area contributed by atoms with Crippen LogP contribution < -0.4 is 0 Å². The molecule has 0 aromatic carbocycles. The average Bonchev–Trinajstić information content (AvgIpc) is 3.30. The minimum atomic E-state index is -0.819. The summed E-state index contributed by atoms with van der Waals surface area (Å²) < 4.78 is 16.7. The van der Waals surface area contributed by atoms with Crippen molar-refractivity contribution in [2.75, 3.05) is 13.2 Å². The Hall–Kier alpha value is -3.93. The molecule has 0 saturated heterocycles. The van der Waals surface area contributed by atoms with Crippen LogP contribution in [0, 0.1) is 0 Å². The zero-order chi connectivity index (χ0) is 47.2. The molecule has 0 aromatic rings. The lowest BCUT2D eigenvalue weighted by Crippen LogP contribution is -2.30. The summed E-state index contributed by atoms with van der Waals surface area (Å²) in [6.07, 6.45) is 70.8. The van der Waals surface area contributed by atoms with Crippen molar-refractivity contribution < 1.29 is 28.6 Å². The topological polar surface area (TPSA) is 78.9 Å². The molecule has 0 N–H and O–H groups in total. The van der Waals surface area contributed by atoms with Gasteiger partial charge in [-0.25, -0.2) is 0 Å². The van der Waals surface area contributed by atoms with Crippen molar-refractivity contribution in [3.63, 3.8) is 0 Å². The van der Waals surface area contributed by atoms with Crippen molar-refractivity contribution in [2.45, 2.75) is 232 Å². The summed E-state index contributed by atoms with van der Waals surface area (Å²) in [5.41, 5.74) is 0. The van der Waals surface area contributed by atoms with Crippen LogP contribution >= 0.6 is 0 Å². The average molecular weight is 901 g/mol. The number of unbranched alkanes of at least 4 members (excludes halogenated alkanes) is 23. The maximum atomic E-state index is 12.8. The summed E-state index contributed by atoms with van der Waals surface area (Å²) in [6.45, 7) is 6.39. The number of hydrogen-bond acceptors (Lipinski definition) is 6. The molecular formula is C59H96O6. The first-order valence-electron chi connectivity index (χ1n) is 26.5. The van der Waals surface area contributed by atoms with Crippen LogP contribution in [0.1, 0.15) is 226 Å². The summed E-state index contributed by atoms with van der Waals surface area (Å²) >= 11 is 0. The second-order valence-electron chi connectivity index (χ2n) is 17.2. The highest BCUT2D eigenvalue weighted by atomic mass is 16.6. The molecule has 0 aliphatic rings. The van der Waals surface area contributed by atoms with E-state index in [0.29, 0.717) is 19.3 Å². The Balaban J connectivity index is 4.55. The molecule has 0 aliphatic carbocycles. The summed E-state index contributed by atoms with van der Waals surface area (Å²) in [7, 11) is 0. The molecule has 0 bridgehead atoms. The molecule has 6 heteroatoms. The van der Waals surface area contributed by atoms with Gasteiger partial charge in [-0.3, -0.25) is 14.4 Å². The summed E-state index contributed by atoms with van der Waals surface area (Å²) in [4.78, 5) is 38.0. The van der Waals surface area contributed by atoms with E-state index >= 15 is 0 Å². The van der Waals surface area contributed by atoms with Gasteiger partial charge < -0.3 is 14.2 Å². The molecule has 0 amide bonds. The van der Waals surface area contributed by atoms with E-state index in [1.807, 2.05) is 79.0 Å². The molecular weight excluding hydrogens is 805 g/mol. The first kappa shape index (κ1) is 61.1. The normalized spacial score (nSPS) is 13.0. The lowest BCUT2D eigenvalue weighted by Gasteiger charge is -2.18. The van der Waals surface area contributed by atoms with Crippen LogP contribution in [0.25, 0.3) is 0 Å². The van der Waals surface area contributed by atoms with Gasteiger partial charge in [-0.1, -0.05) is 259 Å². The second-order valence-corrected chi connectivity index (χ2v) is 17.2. The van der Waals surface area contributed by atoms with E-state index in [-0.39, 0.29) is 37.5 Å². The highest BCUT2D eigenvalue weighted by Crippen LogP contribution is 2.15. The van der Waals surface area contributed by atoms with Gasteiger partial charge in [0, 0.05) is 19.3 Å². The van der Waals surface area contributed by atoms with E-state index in [2.05, 4.69) is 51.2 Å². The van der Waals surface area contributed by atoms with Gasteiger partial charge in [-0.15, -0.1) is 0 Å². The zero-order valence-corrected chi connectivity index (χ0v) is 42.0. The van der Waals surface area contributed by atoms with Crippen molar-refractivity contribution in [3.05, 3.63) is 109 Å². The number of esters is 3. The van der Waals surface area contributed by atoms with Crippen molar-refractivity contribution in [1.29, 1.82) is 0 Å². The Kier molecular flexibility index (Phi) is 49.5. The van der Waals surface area contributed by atoms with Gasteiger partial charge in [0.15, 0.2) is 6.10 Å². The molecule has 1 unspecified atom stereocenters. The van der Waals surface area contributed by atoms with Crippen molar-refractivity contribution >= 4 is 17.9 Å². The summed E-state index contributed by atoms with van der Waals surface area (Å²) in [6, 6.07) is 0. The number of ether oxygens (including phenoxy) is 3. The van der Waals surface area contributed by atoms with Gasteiger partial charge >= 0.3 is 17.9 Å². The van der Waals surface area contributed by atoms with Crippen LogP contribution in [-0.4, -0.2) is 37.2 Å². The van der Waals surface area contributed by atoms with Crippen molar-refractivity contribution in [2.24, 2.45) is 0 Å². The van der Waals surface area contributed by atoms with E-state index in [4.69, 9.17) is 14.2 Å². The summed E-state index contributed by atoms with van der Waals surface area (Å²) in [5, 5.41) is 0. The van der Waals surface area contributed by atoms with Gasteiger partial charge in [0.05, 0.1) is 0 Å². The smallest absolute Gasteiger partial charge is 0.306 e. The Morgan fingerprint density at radius 3 is 1.17 bits per heavy atom. The fourth-order valence-corrected chi connectivity index (χ4v) is 7.01. The monoisotopic (exact) mass is 901 g/mol. The summed E-state index contributed by atoms with van der Waals surface area (Å²) in [5.74, 6) is -1.03. The molecule has 1 atom stereocenters. The maximum Gasteiger partial charge on any atom is 0.306 e. The SMILES string of the molecule is CC/C=C/C=C/C=C/C=C/C=C/C=C/C=C/CCCCCC(=O)OCC(COC(=O)CC/C=C/C/C=C/CCCCCCCC)OC(=O)CCCCCCCCCCCCCCCCC. The Bertz CT molecular complexity index is 1360. The van der Waals surface area contributed by atoms with Gasteiger partial charge in [0.25, 0.3) is 0 Å². The molecule has 65 heavy (non-hydrogen) atoms. The number of hydrogen-bond donors (Lipinski definition) is 0. The van der Waals surface area contributed by atoms with E-state index < -0.39 is 6.10 Å². The quantitative estimate of drug-likeness (QED) is 0.0199. The predicted octanol–water partition coefficient (Wildman–Crippen LogP) is 17.5. The third-order valence-corrected chi connectivity index (χ3v) is 11.0. The molecule has 0 spiro atoms. The molecule has 368 valence electrons. The van der Waals surface area contributed by atoms with Crippen LogP contribution in [0.15, 0.2) is 109 Å². The van der Waals surface area contributed by atoms with Gasteiger partial charge in [-0.2, -0.15) is 0 Å². The molecule has 0 aromatic heterocycles. The van der Waals surface area contributed by atoms with Crippen LogP contribution in [0.3, 0.4) is 0 Å². The lowest BCUT2D eigenvalue weighted by molar-refractivity contribution is -0.166. The third-order valence-electron chi connectivity index (χ3n) is 11.0. The standard InChI is InChI=1S/C59H96O6/c1-4-7-10-13-16-19-22-25-27-28-29-30-32-34-37-40-43-46-49-52-58(61)64-55-56(54-63-57(60)51-48-45-42-39-36-33-24-21-18-15-12-9-6-3)65-59(62)53-50-47-44-41-38-35-31-26-23-20-17-14-11-8-5-2/h7,10,13,16,19,22,25,27-30,32-34,36-37,42,45,56H,4-6,8-9,11-12,14-15,17-18,20-21,23-24,26,31,35,38-41,43-44,46-55H2,1-3H3/b10-7+,16-13+,22-19+,27-25+,29-28+,32-30+,36-33+,37-34+,45-42+. The van der Waals surface area contributed by atoms with Crippen LogP contribution in [-0.2, 0) is 28.6 Å². The highest BCUT2D eigenvalue weighted by Gasteiger charge is 2.19. The molecule has 0 aliphatic heterocycles. The number of allylic oxidation sites excluding steroid dienone is 18. The third kappa shape index (κ3) is 50.9. The Labute approximate surface area is 400 Å². The zero-order valence-electron chi connectivity index (χ0n) is 42.0. The fraction of sp³-hybridized carbons (Fsp3) is 0.644. The predicted molar refractivity (Wildman–Crippen MR) is 279 cm³/mol. The number of carbonyl (C=O) groups is 3. The first-order chi connectivity index (χ1) is 32.0. The molecule has 0 saturated carbocycles. The van der Waals surface area contributed by atoms with E-state index in [1.165, 1.54) is 116 Å². The number of rotatable bonds is 46. The second kappa shape index (κ2) is 52.7. The Morgan fingerprint density at radius 1 is 0.338 bits per heavy atom. The molecule has 0 heterocycles. The minimum Gasteiger partial charge on any atom is -0.462 e. The first-order valence-corrected chi connectivity index (χ1v) is 26.5. The van der Waals surface area contributed by atoms with Crippen molar-refractivity contribution in [1.82, 2.24) is 0 Å². The van der Waals surface area contributed by atoms with Crippen LogP contribution in [0.4, 0.5) is 0 Å². The Morgan fingerprint density at radius 2 is 0.692 bits per heavy atom. The number of carbonyl (C=O) groups excluding carboxylic acids is 3. The van der Waals surface area contributed by atoms with E-state index in [0.717, 1.165) is 64.2 Å². The van der Waals surface area contributed by atoms with Crippen LogP contribution in [0.2, 0.25) is 0 Å². The lowest BCUT2D eigenvalue weighted by atomic mass is 10.0. The largest absolute Gasteiger partial charge is 0.462 e. The van der Waals surface area contributed by atoms with E-state index in [9.17, 15) is 14.4 Å². The molecule has 6 nitrogen and oxygen atoms in total. The van der Waals surface area contributed by atoms with Gasteiger partial charge in [0.1, 0.15) is 13.2 Å². The van der Waals surface area contributed by atoms with Gasteiger partial charge in [0.2, 0.25) is 0 Å². The highest BCUT2D eigenvalue weighted by molar-refractivity contribution is 5.71. The molecule has 0 radical (unpaired) electrons. The fourth-order valence-electron chi connectivity index (χ4n) is 7.01. The van der Waals surface area contributed by atoms with Crippen LogP contribution in [0.5, 0.6) is 0 Å². The van der Waals surface area contributed by atoms with Crippen molar-refractivity contribution in [3.8, 4) is 0 Å². The minimum absolute atomic E-state index is 0.119. The molecule has 0 rings (SSSR count).